The topological polar surface area (TPSA) is 86.9 Å². The molecular formula is C24H30F2N4O2S. The number of benzene rings is 2. The highest BCUT2D eigenvalue weighted by Crippen LogP contribution is 2.31. The lowest BCUT2D eigenvalue weighted by Gasteiger charge is -2.28. The molecule has 0 amide bonds. The van der Waals surface area contributed by atoms with Crippen molar-refractivity contribution < 1.29 is 17.2 Å². The highest BCUT2D eigenvalue weighted by molar-refractivity contribution is 7.92. The maximum absolute atomic E-state index is 13.7. The summed E-state index contributed by atoms with van der Waals surface area (Å²) in [5.74, 6) is 0.957. The second-order valence-electron chi connectivity index (χ2n) is 8.84. The summed E-state index contributed by atoms with van der Waals surface area (Å²) in [6, 6.07) is 9.28. The summed E-state index contributed by atoms with van der Waals surface area (Å²) in [7, 11) is -3.32. The van der Waals surface area contributed by atoms with E-state index in [0.717, 1.165) is 55.5 Å². The van der Waals surface area contributed by atoms with Crippen LogP contribution in [0.3, 0.4) is 0 Å². The van der Waals surface area contributed by atoms with E-state index in [4.69, 9.17) is 0 Å². The van der Waals surface area contributed by atoms with Crippen LogP contribution in [0.15, 0.2) is 36.4 Å². The first-order valence-corrected chi connectivity index (χ1v) is 13.1. The number of imidazole rings is 1. The molecule has 0 radical (unpaired) electrons. The summed E-state index contributed by atoms with van der Waals surface area (Å²) >= 11 is 0. The first-order valence-electron chi connectivity index (χ1n) is 11.5. The second kappa shape index (κ2) is 10.2. The van der Waals surface area contributed by atoms with Crippen molar-refractivity contribution in [3.8, 4) is 0 Å². The highest BCUT2D eigenvalue weighted by atomic mass is 32.2. The van der Waals surface area contributed by atoms with Gasteiger partial charge in [0.2, 0.25) is 10.0 Å². The van der Waals surface area contributed by atoms with Crippen LogP contribution in [0.4, 0.5) is 14.5 Å². The molecule has 0 unspecified atom stereocenters. The van der Waals surface area contributed by atoms with Crippen LogP contribution in [-0.2, 0) is 23.0 Å². The number of nitrogens with one attached hydrogen (secondary N) is 3. The van der Waals surface area contributed by atoms with Gasteiger partial charge in [0.1, 0.15) is 17.5 Å². The predicted molar refractivity (Wildman–Crippen MR) is 126 cm³/mol. The average Bonchev–Trinajstić information content (AvgIpc) is 3.18. The molecule has 1 heterocycles. The molecule has 3 N–H and O–H groups in total. The highest BCUT2D eigenvalue weighted by Gasteiger charge is 2.22. The summed E-state index contributed by atoms with van der Waals surface area (Å²) in [4.78, 5) is 8.00. The molecule has 6 nitrogen and oxygen atoms in total. The van der Waals surface area contributed by atoms with E-state index in [-0.39, 0.29) is 17.9 Å². The zero-order valence-corrected chi connectivity index (χ0v) is 19.5. The Balaban J connectivity index is 1.26. The van der Waals surface area contributed by atoms with E-state index in [1.807, 2.05) is 6.07 Å². The fourth-order valence-electron chi connectivity index (χ4n) is 4.49. The molecule has 0 atom stereocenters. The van der Waals surface area contributed by atoms with Crippen molar-refractivity contribution in [2.24, 2.45) is 11.8 Å². The first kappa shape index (κ1) is 23.6. The molecule has 1 saturated carbocycles. The average molecular weight is 477 g/mol. The summed E-state index contributed by atoms with van der Waals surface area (Å²) in [6.07, 6.45) is 5.16. The van der Waals surface area contributed by atoms with E-state index in [2.05, 4.69) is 20.0 Å². The molecule has 33 heavy (non-hydrogen) atoms. The minimum Gasteiger partial charge on any atom is -0.342 e. The molecule has 1 aromatic heterocycles. The van der Waals surface area contributed by atoms with E-state index in [1.54, 1.807) is 19.1 Å². The lowest BCUT2D eigenvalue weighted by atomic mass is 9.80. The Labute approximate surface area is 193 Å². The zero-order valence-electron chi connectivity index (χ0n) is 18.7. The number of H-pyrrole nitrogens is 1. The summed E-state index contributed by atoms with van der Waals surface area (Å²) in [6.45, 7) is 2.55. The van der Waals surface area contributed by atoms with Gasteiger partial charge in [-0.1, -0.05) is 6.07 Å². The molecule has 0 spiro atoms. The van der Waals surface area contributed by atoms with Gasteiger partial charge in [-0.05, 0) is 81.3 Å². The number of hydrogen-bond donors (Lipinski definition) is 3. The standard InChI is InChI=1S/C24H30F2N4O2S/c1-2-33(31,32)30-18-10-11-22-23(13-18)29-24(28-22)12-16-6-8-17(9-7-16)14-27-15-19-20(25)4-3-5-21(19)26/h3-5,10-11,13,16-17,27,30H,2,6-9,12,14-15H2,1H3,(H,28,29). The number of rotatable bonds is 9. The SMILES string of the molecule is CCS(=O)(=O)Nc1ccc2nc(CC3CCC(CNCc4c(F)cccc4F)CC3)[nH]c2c1. The van der Waals surface area contributed by atoms with Gasteiger partial charge in [0, 0.05) is 18.5 Å². The normalized spacial score (nSPS) is 19.1. The third-order valence-electron chi connectivity index (χ3n) is 6.43. The van der Waals surface area contributed by atoms with Gasteiger partial charge in [-0.25, -0.2) is 22.2 Å². The van der Waals surface area contributed by atoms with Crippen LogP contribution < -0.4 is 10.0 Å². The maximum Gasteiger partial charge on any atom is 0.232 e. The van der Waals surface area contributed by atoms with Crippen molar-refractivity contribution in [3.05, 3.63) is 59.4 Å². The van der Waals surface area contributed by atoms with Crippen molar-refractivity contribution in [2.75, 3.05) is 17.0 Å². The molecule has 2 aromatic carbocycles. The Hall–Kier alpha value is -2.52. The van der Waals surface area contributed by atoms with Gasteiger partial charge >= 0.3 is 0 Å². The fraction of sp³-hybridized carbons (Fsp3) is 0.458. The monoisotopic (exact) mass is 476 g/mol. The number of fused-ring (bicyclic) bond motifs is 1. The quantitative estimate of drug-likeness (QED) is 0.416. The third-order valence-corrected chi connectivity index (χ3v) is 7.74. The number of hydrogen-bond acceptors (Lipinski definition) is 4. The Morgan fingerprint density at radius 2 is 1.76 bits per heavy atom. The largest absolute Gasteiger partial charge is 0.342 e. The van der Waals surface area contributed by atoms with E-state index < -0.39 is 21.7 Å². The van der Waals surface area contributed by atoms with E-state index in [1.165, 1.54) is 18.2 Å². The number of sulfonamides is 1. The molecule has 0 bridgehead atoms. The third kappa shape index (κ3) is 6.09. The van der Waals surface area contributed by atoms with Crippen molar-refractivity contribution in [3.63, 3.8) is 0 Å². The van der Waals surface area contributed by atoms with Crippen LogP contribution in [0.2, 0.25) is 0 Å². The molecule has 178 valence electrons. The van der Waals surface area contributed by atoms with Gasteiger partial charge in [-0.2, -0.15) is 0 Å². The van der Waals surface area contributed by atoms with Crippen molar-refractivity contribution in [1.82, 2.24) is 15.3 Å². The molecule has 1 fully saturated rings. The molecule has 3 aromatic rings. The summed E-state index contributed by atoms with van der Waals surface area (Å²) in [5.41, 5.74) is 2.27. The first-order chi connectivity index (χ1) is 15.8. The number of aromatic nitrogens is 2. The van der Waals surface area contributed by atoms with E-state index in [9.17, 15) is 17.2 Å². The maximum atomic E-state index is 13.7. The fourth-order valence-corrected chi connectivity index (χ4v) is 5.12. The van der Waals surface area contributed by atoms with Gasteiger partial charge < -0.3 is 10.3 Å². The molecular weight excluding hydrogens is 446 g/mol. The second-order valence-corrected chi connectivity index (χ2v) is 10.9. The predicted octanol–water partition coefficient (Wildman–Crippen LogP) is 4.74. The summed E-state index contributed by atoms with van der Waals surface area (Å²) in [5, 5.41) is 3.21. The van der Waals surface area contributed by atoms with Crippen LogP contribution in [0.25, 0.3) is 11.0 Å². The Morgan fingerprint density at radius 1 is 1.06 bits per heavy atom. The van der Waals surface area contributed by atoms with Gasteiger partial charge in [-0.15, -0.1) is 0 Å². The van der Waals surface area contributed by atoms with Crippen molar-refractivity contribution >= 4 is 26.7 Å². The molecule has 0 aliphatic heterocycles. The van der Waals surface area contributed by atoms with Crippen LogP contribution >= 0.6 is 0 Å². The van der Waals surface area contributed by atoms with Crippen LogP contribution in [0, 0.1) is 23.5 Å². The lowest BCUT2D eigenvalue weighted by Crippen LogP contribution is -2.27. The van der Waals surface area contributed by atoms with E-state index in [0.29, 0.717) is 17.5 Å². The number of nitrogens with zero attached hydrogens (tertiary/aromatic N) is 1. The molecule has 9 heteroatoms. The lowest BCUT2D eigenvalue weighted by molar-refractivity contribution is 0.263. The van der Waals surface area contributed by atoms with Crippen molar-refractivity contribution in [2.45, 2.75) is 45.6 Å². The Kier molecular flexibility index (Phi) is 7.29. The zero-order chi connectivity index (χ0) is 23.4. The van der Waals surface area contributed by atoms with E-state index >= 15 is 0 Å². The molecule has 0 saturated heterocycles. The van der Waals surface area contributed by atoms with Gasteiger partial charge in [0.05, 0.1) is 22.5 Å². The van der Waals surface area contributed by atoms with Crippen LogP contribution in [-0.4, -0.2) is 30.7 Å². The van der Waals surface area contributed by atoms with Crippen molar-refractivity contribution in [1.29, 1.82) is 0 Å². The Morgan fingerprint density at radius 3 is 2.45 bits per heavy atom. The van der Waals surface area contributed by atoms with Gasteiger partial charge in [0.25, 0.3) is 0 Å². The molecule has 4 rings (SSSR count). The molecule has 1 aliphatic rings. The molecule has 1 aliphatic carbocycles. The number of anilines is 1. The van der Waals surface area contributed by atoms with Gasteiger partial charge in [-0.3, -0.25) is 4.72 Å². The Bertz CT molecular complexity index is 1180. The number of halogens is 2. The smallest absolute Gasteiger partial charge is 0.232 e. The van der Waals surface area contributed by atoms with Crippen LogP contribution in [0.1, 0.15) is 44.0 Å². The number of aromatic amines is 1. The minimum absolute atomic E-state index is 0.0253. The van der Waals surface area contributed by atoms with Gasteiger partial charge in [0.15, 0.2) is 0 Å². The minimum atomic E-state index is -3.32. The van der Waals surface area contributed by atoms with Crippen LogP contribution in [0.5, 0.6) is 0 Å². The summed E-state index contributed by atoms with van der Waals surface area (Å²) < 4.78 is 53.6.